The zero-order valence-electron chi connectivity index (χ0n) is 13.5. The fraction of sp³-hybridized carbons (Fsp3) is 0.438. The van der Waals surface area contributed by atoms with Crippen LogP contribution in [0.3, 0.4) is 0 Å². The molecule has 8 nitrogen and oxygen atoms in total. The summed E-state index contributed by atoms with van der Waals surface area (Å²) in [4.78, 5) is 14.4. The first kappa shape index (κ1) is 16.4. The maximum Gasteiger partial charge on any atom is 0.273 e. The molecule has 0 spiro atoms. The highest BCUT2D eigenvalue weighted by atomic mass is 16.5. The fourth-order valence-corrected chi connectivity index (χ4v) is 2.66. The Kier molecular flexibility index (Phi) is 5.39. The molecule has 1 fully saturated rings. The third-order valence-electron chi connectivity index (χ3n) is 3.88. The Hall–Kier alpha value is -2.45. The van der Waals surface area contributed by atoms with Gasteiger partial charge in [0.05, 0.1) is 25.5 Å². The largest absolute Gasteiger partial charge is 0.373 e. The molecule has 0 saturated carbocycles. The van der Waals surface area contributed by atoms with Crippen LogP contribution in [0.25, 0.3) is 0 Å². The minimum Gasteiger partial charge on any atom is -0.373 e. The van der Waals surface area contributed by atoms with Crippen LogP contribution in [0.1, 0.15) is 10.5 Å². The van der Waals surface area contributed by atoms with Crippen LogP contribution in [-0.2, 0) is 11.3 Å². The summed E-state index contributed by atoms with van der Waals surface area (Å²) in [6, 6.07) is 10.2. The van der Waals surface area contributed by atoms with Crippen molar-refractivity contribution in [3.63, 3.8) is 0 Å². The molecule has 0 bridgehead atoms. The number of ether oxygens (including phenoxy) is 1. The first-order valence-electron chi connectivity index (χ1n) is 8.06. The summed E-state index contributed by atoms with van der Waals surface area (Å²) in [5, 5.41) is 10.6. The highest BCUT2D eigenvalue weighted by molar-refractivity contribution is 5.91. The maximum atomic E-state index is 12.1. The lowest BCUT2D eigenvalue weighted by Gasteiger charge is -2.34. The molecular weight excluding hydrogens is 308 g/mol. The summed E-state index contributed by atoms with van der Waals surface area (Å²) >= 11 is 0. The van der Waals surface area contributed by atoms with Gasteiger partial charge < -0.3 is 20.7 Å². The summed E-state index contributed by atoms with van der Waals surface area (Å²) in [5.74, 6) is -0.251. The number of morpholine rings is 1. The van der Waals surface area contributed by atoms with Gasteiger partial charge in [-0.1, -0.05) is 23.4 Å². The van der Waals surface area contributed by atoms with E-state index < -0.39 is 0 Å². The number of carbonyl (C=O) groups excluding carboxylic acids is 1. The molecule has 1 aliphatic heterocycles. The third kappa shape index (κ3) is 4.09. The molecule has 1 amide bonds. The van der Waals surface area contributed by atoms with Gasteiger partial charge in [0.2, 0.25) is 0 Å². The average molecular weight is 330 g/mol. The molecule has 1 saturated heterocycles. The van der Waals surface area contributed by atoms with Crippen molar-refractivity contribution in [2.45, 2.75) is 12.6 Å². The number of aromatic nitrogens is 3. The van der Waals surface area contributed by atoms with Crippen LogP contribution in [0.5, 0.6) is 0 Å². The smallest absolute Gasteiger partial charge is 0.273 e. The highest BCUT2D eigenvalue weighted by Crippen LogP contribution is 2.16. The van der Waals surface area contributed by atoms with Gasteiger partial charge in [-0.25, -0.2) is 0 Å². The number of rotatable bonds is 6. The molecule has 1 aromatic heterocycles. The summed E-state index contributed by atoms with van der Waals surface area (Å²) in [6.07, 6.45) is 1.54. The minimum absolute atomic E-state index is 0.0537. The van der Waals surface area contributed by atoms with Crippen LogP contribution in [-0.4, -0.2) is 59.8 Å². The number of para-hydroxylation sites is 1. The zero-order valence-corrected chi connectivity index (χ0v) is 13.5. The Morgan fingerprint density at radius 3 is 3.00 bits per heavy atom. The molecule has 2 aromatic rings. The van der Waals surface area contributed by atoms with E-state index >= 15 is 0 Å². The van der Waals surface area contributed by atoms with E-state index in [1.165, 1.54) is 5.69 Å². The number of amides is 1. The lowest BCUT2D eigenvalue weighted by molar-refractivity contribution is 0.0396. The molecule has 128 valence electrons. The van der Waals surface area contributed by atoms with Crippen LogP contribution in [0.15, 0.2) is 36.5 Å². The van der Waals surface area contributed by atoms with Gasteiger partial charge in [0.1, 0.15) is 0 Å². The van der Waals surface area contributed by atoms with Gasteiger partial charge in [-0.3, -0.25) is 9.48 Å². The molecule has 3 rings (SSSR count). The van der Waals surface area contributed by atoms with Crippen molar-refractivity contribution in [2.24, 2.45) is 5.73 Å². The second-order valence-corrected chi connectivity index (χ2v) is 5.64. The average Bonchev–Trinajstić information content (AvgIpc) is 3.10. The van der Waals surface area contributed by atoms with Crippen LogP contribution < -0.4 is 16.0 Å². The zero-order chi connectivity index (χ0) is 16.8. The van der Waals surface area contributed by atoms with Gasteiger partial charge in [-0.2, -0.15) is 0 Å². The third-order valence-corrected chi connectivity index (χ3v) is 3.88. The first-order valence-corrected chi connectivity index (χ1v) is 8.06. The van der Waals surface area contributed by atoms with E-state index in [1.54, 1.807) is 10.9 Å². The van der Waals surface area contributed by atoms with Gasteiger partial charge in [0.15, 0.2) is 5.69 Å². The topological polar surface area (TPSA) is 98.3 Å². The second-order valence-electron chi connectivity index (χ2n) is 5.64. The standard InChI is InChI=1S/C16H22N6O2/c17-6-7-22-12-15(19-20-22)16(23)18-10-14-11-21(8-9-24-14)13-4-2-1-3-5-13/h1-5,12,14H,6-11,17H2,(H,18,23)/t14-/m0/s1. The number of hydrogen-bond acceptors (Lipinski definition) is 6. The monoisotopic (exact) mass is 330 g/mol. The minimum atomic E-state index is -0.251. The Labute approximate surface area is 140 Å². The number of anilines is 1. The van der Waals surface area contributed by atoms with Crippen molar-refractivity contribution in [2.75, 3.05) is 37.7 Å². The van der Waals surface area contributed by atoms with E-state index in [2.05, 4.69) is 32.7 Å². The molecule has 0 aliphatic carbocycles. The predicted octanol–water partition coefficient (Wildman–Crippen LogP) is -0.128. The molecule has 0 radical (unpaired) electrons. The van der Waals surface area contributed by atoms with E-state index in [1.807, 2.05) is 18.2 Å². The summed E-state index contributed by atoms with van der Waals surface area (Å²) < 4.78 is 7.30. The van der Waals surface area contributed by atoms with Gasteiger partial charge >= 0.3 is 0 Å². The molecule has 24 heavy (non-hydrogen) atoms. The number of nitrogens with two attached hydrogens (primary N) is 1. The van der Waals surface area contributed by atoms with Crippen molar-refractivity contribution < 1.29 is 9.53 Å². The lowest BCUT2D eigenvalue weighted by atomic mass is 10.2. The number of nitrogens with zero attached hydrogens (tertiary/aromatic N) is 4. The summed E-state index contributed by atoms with van der Waals surface area (Å²) in [7, 11) is 0. The fourth-order valence-electron chi connectivity index (χ4n) is 2.66. The van der Waals surface area contributed by atoms with Gasteiger partial charge in [0, 0.05) is 31.9 Å². The van der Waals surface area contributed by atoms with Crippen LogP contribution in [0.2, 0.25) is 0 Å². The SMILES string of the molecule is NCCn1cc(C(=O)NC[C@H]2CN(c3ccccc3)CCO2)nn1. The molecule has 8 heteroatoms. The molecule has 3 N–H and O–H groups in total. The number of hydrogen-bond donors (Lipinski definition) is 2. The van der Waals surface area contributed by atoms with E-state index in [9.17, 15) is 4.79 Å². The van der Waals surface area contributed by atoms with E-state index in [4.69, 9.17) is 10.5 Å². The van der Waals surface area contributed by atoms with Gasteiger partial charge in [0.25, 0.3) is 5.91 Å². The summed E-state index contributed by atoms with van der Waals surface area (Å²) in [5.41, 5.74) is 6.91. The van der Waals surface area contributed by atoms with Crippen molar-refractivity contribution in [3.05, 3.63) is 42.2 Å². The maximum absolute atomic E-state index is 12.1. The van der Waals surface area contributed by atoms with Gasteiger partial charge in [-0.15, -0.1) is 5.10 Å². The first-order chi connectivity index (χ1) is 11.8. The normalized spacial score (nSPS) is 17.7. The Bertz CT molecular complexity index is 660. The van der Waals surface area contributed by atoms with Gasteiger partial charge in [-0.05, 0) is 12.1 Å². The van der Waals surface area contributed by atoms with E-state index in [0.29, 0.717) is 31.9 Å². The lowest BCUT2D eigenvalue weighted by Crippen LogP contribution is -2.47. The van der Waals surface area contributed by atoms with Crippen molar-refractivity contribution in [1.82, 2.24) is 20.3 Å². The second kappa shape index (κ2) is 7.89. The Morgan fingerprint density at radius 1 is 1.38 bits per heavy atom. The van der Waals surface area contributed by atoms with Crippen molar-refractivity contribution in [1.29, 1.82) is 0 Å². The number of benzene rings is 1. The Balaban J connectivity index is 1.51. The molecule has 1 aromatic carbocycles. The van der Waals surface area contributed by atoms with Crippen LogP contribution >= 0.6 is 0 Å². The highest BCUT2D eigenvalue weighted by Gasteiger charge is 2.22. The molecule has 1 aliphatic rings. The molecule has 1 atom stereocenters. The molecule has 0 unspecified atom stereocenters. The number of nitrogens with one attached hydrogen (secondary N) is 1. The Morgan fingerprint density at radius 2 is 2.21 bits per heavy atom. The van der Waals surface area contributed by atoms with Crippen molar-refractivity contribution in [3.8, 4) is 0 Å². The predicted molar refractivity (Wildman–Crippen MR) is 89.8 cm³/mol. The quantitative estimate of drug-likeness (QED) is 0.766. The molecular formula is C16H22N6O2. The van der Waals surface area contributed by atoms with Crippen LogP contribution in [0.4, 0.5) is 5.69 Å². The van der Waals surface area contributed by atoms with Crippen LogP contribution in [0, 0.1) is 0 Å². The van der Waals surface area contributed by atoms with E-state index in [0.717, 1.165) is 13.1 Å². The summed E-state index contributed by atoms with van der Waals surface area (Å²) in [6.45, 7) is 3.66. The van der Waals surface area contributed by atoms with E-state index in [-0.39, 0.29) is 12.0 Å². The van der Waals surface area contributed by atoms with Crippen molar-refractivity contribution >= 4 is 11.6 Å². The molecule has 2 heterocycles. The number of carbonyl (C=O) groups is 1.